The van der Waals surface area contributed by atoms with E-state index in [0.717, 1.165) is 6.42 Å². The Morgan fingerprint density at radius 2 is 2.21 bits per heavy atom. The molecule has 102 valence electrons. The topological polar surface area (TPSA) is 81.4 Å². The molecule has 5 heteroatoms. The molecule has 2 atom stereocenters. The van der Waals surface area contributed by atoms with Crippen molar-refractivity contribution in [2.24, 2.45) is 5.73 Å². The van der Waals surface area contributed by atoms with Crippen molar-refractivity contribution in [3.8, 4) is 0 Å². The zero-order chi connectivity index (χ0) is 13.8. The number of ether oxygens (including phenoxy) is 1. The van der Waals surface area contributed by atoms with Gasteiger partial charge in [0.15, 0.2) is 6.04 Å². The van der Waals surface area contributed by atoms with Gasteiger partial charge in [-0.3, -0.25) is 4.79 Å². The molecular formula is C14H18N2O3. The molecule has 1 aliphatic carbocycles. The van der Waals surface area contributed by atoms with Gasteiger partial charge >= 0.3 is 5.97 Å². The van der Waals surface area contributed by atoms with Gasteiger partial charge in [-0.05, 0) is 24.5 Å². The summed E-state index contributed by atoms with van der Waals surface area (Å²) in [4.78, 5) is 23.0. The average Bonchev–Trinajstić information content (AvgIpc) is 2.39. The van der Waals surface area contributed by atoms with E-state index in [1.807, 2.05) is 12.1 Å². The van der Waals surface area contributed by atoms with Crippen LogP contribution >= 0.6 is 0 Å². The van der Waals surface area contributed by atoms with E-state index in [0.29, 0.717) is 12.5 Å². The molecule has 0 saturated heterocycles. The largest absolute Gasteiger partial charge is 0.464 e. The average molecular weight is 262 g/mol. The summed E-state index contributed by atoms with van der Waals surface area (Å²) in [5, 5.41) is 2.70. The first kappa shape index (κ1) is 13.5. The van der Waals surface area contributed by atoms with Crippen LogP contribution < -0.4 is 11.1 Å². The molecule has 0 bridgehead atoms. The number of hydrogen-bond donors (Lipinski definition) is 2. The summed E-state index contributed by atoms with van der Waals surface area (Å²) >= 11 is 0. The van der Waals surface area contributed by atoms with E-state index in [1.54, 1.807) is 6.92 Å². The summed E-state index contributed by atoms with van der Waals surface area (Å²) in [5.74, 6) is -0.855. The maximum absolute atomic E-state index is 11.7. The Balaban J connectivity index is 1.81. The Morgan fingerprint density at radius 1 is 1.47 bits per heavy atom. The first-order valence-electron chi connectivity index (χ1n) is 6.41. The van der Waals surface area contributed by atoms with Crippen LogP contribution in [0, 0.1) is 0 Å². The van der Waals surface area contributed by atoms with Crippen molar-refractivity contribution in [1.29, 1.82) is 0 Å². The van der Waals surface area contributed by atoms with Gasteiger partial charge in [0.1, 0.15) is 0 Å². The van der Waals surface area contributed by atoms with Crippen LogP contribution in [-0.4, -0.2) is 31.1 Å². The molecular weight excluding hydrogens is 244 g/mol. The van der Waals surface area contributed by atoms with Crippen LogP contribution in [0.4, 0.5) is 0 Å². The standard InChI is InChI=1S/C14H18N2O3/c1-2-19-14(18)12(15)13(17)16-8-10-7-9-5-3-4-6-11(9)10/h3-6,10,12H,2,7-8,15H2,1H3,(H,16,17). The van der Waals surface area contributed by atoms with E-state index in [1.165, 1.54) is 11.1 Å². The third-order valence-electron chi connectivity index (χ3n) is 3.31. The van der Waals surface area contributed by atoms with Crippen molar-refractivity contribution in [3.63, 3.8) is 0 Å². The fourth-order valence-electron chi connectivity index (χ4n) is 2.22. The lowest BCUT2D eigenvalue weighted by Gasteiger charge is -2.30. The highest BCUT2D eigenvalue weighted by Crippen LogP contribution is 2.33. The minimum atomic E-state index is -1.24. The summed E-state index contributed by atoms with van der Waals surface area (Å²) in [6.45, 7) is 2.40. The van der Waals surface area contributed by atoms with Gasteiger partial charge in [0.05, 0.1) is 6.61 Å². The molecule has 5 nitrogen and oxygen atoms in total. The van der Waals surface area contributed by atoms with Gasteiger partial charge in [-0.15, -0.1) is 0 Å². The molecule has 3 N–H and O–H groups in total. The Morgan fingerprint density at radius 3 is 2.89 bits per heavy atom. The summed E-state index contributed by atoms with van der Waals surface area (Å²) in [7, 11) is 0. The van der Waals surface area contributed by atoms with Crippen LogP contribution in [0.15, 0.2) is 24.3 Å². The number of amides is 1. The number of rotatable bonds is 5. The number of benzene rings is 1. The molecule has 2 rings (SSSR count). The van der Waals surface area contributed by atoms with Gasteiger partial charge < -0.3 is 15.8 Å². The second kappa shape index (κ2) is 5.84. The van der Waals surface area contributed by atoms with E-state index in [4.69, 9.17) is 10.5 Å². The molecule has 0 radical (unpaired) electrons. The van der Waals surface area contributed by atoms with Crippen molar-refractivity contribution in [2.75, 3.05) is 13.2 Å². The fraction of sp³-hybridized carbons (Fsp3) is 0.429. The van der Waals surface area contributed by atoms with Gasteiger partial charge in [-0.1, -0.05) is 24.3 Å². The Bertz CT molecular complexity index is 487. The van der Waals surface area contributed by atoms with Crippen LogP contribution in [0.1, 0.15) is 24.0 Å². The molecule has 1 amide bonds. The number of esters is 1. The molecule has 19 heavy (non-hydrogen) atoms. The van der Waals surface area contributed by atoms with E-state index in [9.17, 15) is 9.59 Å². The quantitative estimate of drug-likeness (QED) is 0.592. The van der Waals surface area contributed by atoms with Crippen LogP contribution in [0.2, 0.25) is 0 Å². The van der Waals surface area contributed by atoms with Gasteiger partial charge in [-0.25, -0.2) is 4.79 Å². The Hall–Kier alpha value is -1.88. The second-order valence-corrected chi connectivity index (χ2v) is 4.57. The molecule has 0 saturated carbocycles. The molecule has 2 unspecified atom stereocenters. The first-order valence-corrected chi connectivity index (χ1v) is 6.41. The molecule has 1 aromatic carbocycles. The minimum Gasteiger partial charge on any atom is -0.464 e. The lowest BCUT2D eigenvalue weighted by atomic mass is 9.77. The second-order valence-electron chi connectivity index (χ2n) is 4.57. The van der Waals surface area contributed by atoms with E-state index in [2.05, 4.69) is 17.4 Å². The molecule has 0 heterocycles. The predicted molar refractivity (Wildman–Crippen MR) is 70.5 cm³/mol. The van der Waals surface area contributed by atoms with Crippen LogP contribution in [0.3, 0.4) is 0 Å². The molecule has 1 aromatic rings. The summed E-state index contributed by atoms with van der Waals surface area (Å²) in [5.41, 5.74) is 8.07. The molecule has 0 aromatic heterocycles. The Kier molecular flexibility index (Phi) is 4.16. The summed E-state index contributed by atoms with van der Waals surface area (Å²) < 4.78 is 4.70. The zero-order valence-electron chi connectivity index (χ0n) is 10.9. The van der Waals surface area contributed by atoms with E-state index >= 15 is 0 Å². The highest BCUT2D eigenvalue weighted by atomic mass is 16.5. The minimum absolute atomic E-state index is 0.218. The third-order valence-corrected chi connectivity index (χ3v) is 3.31. The van der Waals surface area contributed by atoms with Crippen molar-refractivity contribution in [2.45, 2.75) is 25.3 Å². The number of hydrogen-bond acceptors (Lipinski definition) is 4. The number of fused-ring (bicyclic) bond motifs is 1. The summed E-state index contributed by atoms with van der Waals surface area (Å²) in [6.07, 6.45) is 0.950. The molecule has 0 fully saturated rings. The maximum atomic E-state index is 11.7. The lowest BCUT2D eigenvalue weighted by molar-refractivity contribution is -0.148. The number of nitrogens with two attached hydrogens (primary N) is 1. The maximum Gasteiger partial charge on any atom is 0.332 e. The molecule has 0 aliphatic heterocycles. The highest BCUT2D eigenvalue weighted by molar-refractivity contribution is 6.01. The third kappa shape index (κ3) is 2.93. The number of carbonyl (C=O) groups excluding carboxylic acids is 2. The van der Waals surface area contributed by atoms with Gasteiger partial charge in [0.2, 0.25) is 5.91 Å². The summed E-state index contributed by atoms with van der Waals surface area (Å²) in [6, 6.07) is 6.88. The first-order chi connectivity index (χ1) is 9.13. The van der Waals surface area contributed by atoms with Gasteiger partial charge in [-0.2, -0.15) is 0 Å². The van der Waals surface area contributed by atoms with Crippen molar-refractivity contribution in [1.82, 2.24) is 5.32 Å². The lowest BCUT2D eigenvalue weighted by Crippen LogP contribution is -2.48. The SMILES string of the molecule is CCOC(=O)C(N)C(=O)NCC1Cc2ccccc21. The van der Waals surface area contributed by atoms with Crippen molar-refractivity contribution < 1.29 is 14.3 Å². The molecule has 1 aliphatic rings. The van der Waals surface area contributed by atoms with Crippen LogP contribution in [-0.2, 0) is 20.7 Å². The van der Waals surface area contributed by atoms with E-state index in [-0.39, 0.29) is 6.61 Å². The van der Waals surface area contributed by atoms with Crippen molar-refractivity contribution >= 4 is 11.9 Å². The van der Waals surface area contributed by atoms with Crippen molar-refractivity contribution in [3.05, 3.63) is 35.4 Å². The Labute approximate surface area is 112 Å². The smallest absolute Gasteiger partial charge is 0.332 e. The van der Waals surface area contributed by atoms with E-state index < -0.39 is 17.9 Å². The zero-order valence-corrected chi connectivity index (χ0v) is 10.9. The number of nitrogens with one attached hydrogen (secondary N) is 1. The fourth-order valence-corrected chi connectivity index (χ4v) is 2.22. The predicted octanol–water partition coefficient (Wildman–Crippen LogP) is 0.333. The van der Waals surface area contributed by atoms with Gasteiger partial charge in [0.25, 0.3) is 0 Å². The van der Waals surface area contributed by atoms with Gasteiger partial charge in [0, 0.05) is 12.5 Å². The van der Waals surface area contributed by atoms with Crippen LogP contribution in [0.25, 0.3) is 0 Å². The molecule has 0 spiro atoms. The monoisotopic (exact) mass is 262 g/mol. The number of carbonyl (C=O) groups is 2. The van der Waals surface area contributed by atoms with Crippen LogP contribution in [0.5, 0.6) is 0 Å². The normalized spacial score (nSPS) is 17.9. The highest BCUT2D eigenvalue weighted by Gasteiger charge is 2.28.